The molecule has 0 radical (unpaired) electrons. The van der Waals surface area contributed by atoms with E-state index in [1.165, 1.54) is 0 Å². The molecule has 3 aromatic rings. The molecule has 31 heavy (non-hydrogen) atoms. The van der Waals surface area contributed by atoms with Crippen LogP contribution in [0.3, 0.4) is 0 Å². The quantitative estimate of drug-likeness (QED) is 0.500. The zero-order valence-corrected chi connectivity index (χ0v) is 17.6. The molecule has 1 aromatic carbocycles. The first-order chi connectivity index (χ1) is 15.1. The topological polar surface area (TPSA) is 112 Å². The lowest BCUT2D eigenvalue weighted by Gasteiger charge is -2.23. The van der Waals surface area contributed by atoms with Gasteiger partial charge >= 0.3 is 6.01 Å². The molecule has 1 fully saturated rings. The number of hydrogen-bond acceptors (Lipinski definition) is 8. The Hall–Kier alpha value is -2.75. The van der Waals surface area contributed by atoms with Crippen LogP contribution < -0.4 is 4.74 Å². The lowest BCUT2D eigenvalue weighted by molar-refractivity contribution is -0.0365. The van der Waals surface area contributed by atoms with Crippen molar-refractivity contribution in [3.05, 3.63) is 30.5 Å². The number of phenolic OH excluding ortho intramolecular Hbond substituents is 1. The van der Waals surface area contributed by atoms with Gasteiger partial charge in [0, 0.05) is 31.2 Å². The predicted octanol–water partition coefficient (Wildman–Crippen LogP) is 3.06. The smallest absolute Gasteiger partial charge is 0.316 e. The molecule has 3 heterocycles. The number of ether oxygens (including phenoxy) is 3. The van der Waals surface area contributed by atoms with Crippen molar-refractivity contribution < 1.29 is 24.4 Å². The van der Waals surface area contributed by atoms with Gasteiger partial charge in [-0.25, -0.2) is 9.67 Å². The minimum absolute atomic E-state index is 0.131. The first kappa shape index (κ1) is 21.5. The van der Waals surface area contributed by atoms with Gasteiger partial charge < -0.3 is 24.4 Å². The minimum atomic E-state index is -0.478. The molecule has 1 aliphatic heterocycles. The van der Waals surface area contributed by atoms with Gasteiger partial charge in [-0.15, -0.1) is 0 Å². The number of aromatic hydroxyl groups is 1. The summed E-state index contributed by atoms with van der Waals surface area (Å²) in [5.74, 6) is 0.167. The molecule has 2 N–H and O–H groups in total. The molecule has 0 spiro atoms. The van der Waals surface area contributed by atoms with Crippen LogP contribution in [0.15, 0.2) is 30.5 Å². The second kappa shape index (κ2) is 10.0. The fourth-order valence-corrected chi connectivity index (χ4v) is 3.57. The van der Waals surface area contributed by atoms with Gasteiger partial charge in [-0.2, -0.15) is 10.1 Å². The molecule has 0 aliphatic carbocycles. The van der Waals surface area contributed by atoms with E-state index < -0.39 is 6.10 Å². The number of nitrogens with zero attached hydrogens (tertiary/aromatic N) is 4. The number of aromatic nitrogens is 4. The Morgan fingerprint density at radius 3 is 2.97 bits per heavy atom. The summed E-state index contributed by atoms with van der Waals surface area (Å²) in [6.07, 6.45) is 4.72. The molecular formula is C22H28N4O5. The van der Waals surface area contributed by atoms with Crippen LogP contribution in [-0.4, -0.2) is 62.5 Å². The van der Waals surface area contributed by atoms with Crippen molar-refractivity contribution in [3.63, 3.8) is 0 Å². The molecule has 9 nitrogen and oxygen atoms in total. The van der Waals surface area contributed by atoms with Gasteiger partial charge in [0.2, 0.25) is 0 Å². The summed E-state index contributed by atoms with van der Waals surface area (Å²) < 4.78 is 18.8. The maximum atomic E-state index is 10.0. The molecule has 166 valence electrons. The average molecular weight is 428 g/mol. The lowest BCUT2D eigenvalue weighted by Crippen LogP contribution is -2.19. The van der Waals surface area contributed by atoms with E-state index in [1.807, 2.05) is 10.7 Å². The van der Waals surface area contributed by atoms with Crippen molar-refractivity contribution in [1.29, 1.82) is 0 Å². The highest BCUT2D eigenvalue weighted by Gasteiger charge is 2.22. The van der Waals surface area contributed by atoms with Crippen LogP contribution in [0, 0.1) is 0 Å². The van der Waals surface area contributed by atoms with Gasteiger partial charge in [0.25, 0.3) is 0 Å². The Morgan fingerprint density at radius 2 is 2.16 bits per heavy atom. The number of hydrogen-bond donors (Lipinski definition) is 2. The van der Waals surface area contributed by atoms with Crippen molar-refractivity contribution >= 4 is 10.9 Å². The highest BCUT2D eigenvalue weighted by atomic mass is 16.5. The molecule has 9 heteroatoms. The van der Waals surface area contributed by atoms with E-state index in [2.05, 4.69) is 9.97 Å². The van der Waals surface area contributed by atoms with E-state index in [1.54, 1.807) is 31.3 Å². The average Bonchev–Trinajstić information content (AvgIpc) is 3.15. The highest BCUT2D eigenvalue weighted by Crippen LogP contribution is 2.34. The van der Waals surface area contributed by atoms with Gasteiger partial charge in [0.1, 0.15) is 11.4 Å². The van der Waals surface area contributed by atoms with E-state index in [0.717, 1.165) is 30.2 Å². The van der Waals surface area contributed by atoms with Crippen molar-refractivity contribution in [1.82, 2.24) is 19.7 Å². The molecule has 4 rings (SSSR count). The Kier molecular flexibility index (Phi) is 6.96. The van der Waals surface area contributed by atoms with Crippen molar-refractivity contribution in [2.45, 2.75) is 44.9 Å². The van der Waals surface area contributed by atoms with Crippen LogP contribution in [0.25, 0.3) is 22.3 Å². The van der Waals surface area contributed by atoms with E-state index >= 15 is 0 Å². The second-order valence-corrected chi connectivity index (χ2v) is 7.67. The fourth-order valence-electron chi connectivity index (χ4n) is 3.57. The summed E-state index contributed by atoms with van der Waals surface area (Å²) in [6, 6.07) is 7.23. The number of rotatable bonds is 9. The number of benzene rings is 1. The Morgan fingerprint density at radius 1 is 1.26 bits per heavy atom. The van der Waals surface area contributed by atoms with Crippen LogP contribution >= 0.6 is 0 Å². The van der Waals surface area contributed by atoms with Crippen LogP contribution in [0.2, 0.25) is 0 Å². The molecule has 2 atom stereocenters. The molecule has 2 unspecified atom stereocenters. The molecule has 0 amide bonds. The molecule has 1 aliphatic rings. The Bertz CT molecular complexity index is 1000. The third-order valence-electron chi connectivity index (χ3n) is 5.02. The summed E-state index contributed by atoms with van der Waals surface area (Å²) in [5.41, 5.74) is 2.14. The standard InChI is InChI=1S/C22H28N4O5/c1-15(27)14-29-10-4-12-31-22-23-9-8-18(24-22)21-17-13-16(28)6-7-19(17)26(25-21)20-5-2-3-11-30-20/h6-9,13,15,20,27-28H,2-5,10-12,14H2,1H3. The maximum Gasteiger partial charge on any atom is 0.316 e. The van der Waals surface area contributed by atoms with Crippen molar-refractivity contribution in [2.24, 2.45) is 0 Å². The number of aliphatic hydroxyl groups excluding tert-OH is 1. The normalized spacial score (nSPS) is 17.7. The lowest BCUT2D eigenvalue weighted by atomic mass is 10.1. The zero-order valence-electron chi connectivity index (χ0n) is 17.6. The Balaban J connectivity index is 1.53. The van der Waals surface area contributed by atoms with Crippen LogP contribution in [-0.2, 0) is 9.47 Å². The number of fused-ring (bicyclic) bond motifs is 1. The Labute approximate surface area is 180 Å². The molecule has 0 bridgehead atoms. The SMILES string of the molecule is CC(O)COCCCOc1nccc(-c2nn(C3CCCCO3)c3ccc(O)cc23)n1. The summed E-state index contributed by atoms with van der Waals surface area (Å²) in [6.45, 7) is 3.58. The monoisotopic (exact) mass is 428 g/mol. The minimum Gasteiger partial charge on any atom is -0.508 e. The zero-order chi connectivity index (χ0) is 21.6. The molecule has 0 saturated carbocycles. The highest BCUT2D eigenvalue weighted by molar-refractivity contribution is 5.93. The van der Waals surface area contributed by atoms with E-state index in [4.69, 9.17) is 19.3 Å². The van der Waals surface area contributed by atoms with Gasteiger partial charge in [-0.3, -0.25) is 0 Å². The number of aliphatic hydroxyl groups is 1. The van der Waals surface area contributed by atoms with Gasteiger partial charge in [-0.05, 0) is 50.5 Å². The van der Waals surface area contributed by atoms with Gasteiger partial charge in [0.05, 0.1) is 30.5 Å². The second-order valence-electron chi connectivity index (χ2n) is 7.67. The predicted molar refractivity (Wildman–Crippen MR) is 114 cm³/mol. The van der Waals surface area contributed by atoms with Crippen LogP contribution in [0.5, 0.6) is 11.8 Å². The maximum absolute atomic E-state index is 10.0. The summed E-state index contributed by atoms with van der Waals surface area (Å²) in [5, 5.41) is 24.8. The first-order valence-electron chi connectivity index (χ1n) is 10.7. The number of phenols is 1. The van der Waals surface area contributed by atoms with E-state index in [-0.39, 0.29) is 18.0 Å². The third-order valence-corrected chi connectivity index (χ3v) is 5.02. The summed E-state index contributed by atoms with van der Waals surface area (Å²) >= 11 is 0. The van der Waals surface area contributed by atoms with E-state index in [0.29, 0.717) is 44.2 Å². The fraction of sp³-hybridized carbons (Fsp3) is 0.500. The third kappa shape index (κ3) is 5.30. The summed E-state index contributed by atoms with van der Waals surface area (Å²) in [7, 11) is 0. The largest absolute Gasteiger partial charge is 0.508 e. The summed E-state index contributed by atoms with van der Waals surface area (Å²) in [4.78, 5) is 8.70. The molecule has 2 aromatic heterocycles. The van der Waals surface area contributed by atoms with E-state index in [9.17, 15) is 10.2 Å². The molecule has 1 saturated heterocycles. The van der Waals surface area contributed by atoms with Crippen LogP contribution in [0.1, 0.15) is 38.8 Å². The van der Waals surface area contributed by atoms with Crippen LogP contribution in [0.4, 0.5) is 0 Å². The van der Waals surface area contributed by atoms with Gasteiger partial charge in [0.15, 0.2) is 6.23 Å². The van der Waals surface area contributed by atoms with Gasteiger partial charge in [-0.1, -0.05) is 0 Å². The van der Waals surface area contributed by atoms with Crippen molar-refractivity contribution in [2.75, 3.05) is 26.4 Å². The van der Waals surface area contributed by atoms with Crippen molar-refractivity contribution in [3.8, 4) is 23.1 Å². The molecular weight excluding hydrogens is 400 g/mol. The first-order valence-corrected chi connectivity index (χ1v) is 10.7.